The summed E-state index contributed by atoms with van der Waals surface area (Å²) in [7, 11) is 0. The van der Waals surface area contributed by atoms with Gasteiger partial charge in [-0.25, -0.2) is 0 Å². The molecule has 0 spiro atoms. The largest absolute Gasteiger partial charge is 0.392 e. The average Bonchev–Trinajstić information content (AvgIpc) is 2.62. The molecule has 0 unspecified atom stereocenters. The highest BCUT2D eigenvalue weighted by Gasteiger charge is 2.18. The quantitative estimate of drug-likeness (QED) is 0.947. The monoisotopic (exact) mass is 296 g/mol. The van der Waals surface area contributed by atoms with E-state index in [1.54, 1.807) is 6.20 Å². The Balaban J connectivity index is 1.82. The van der Waals surface area contributed by atoms with Crippen LogP contribution in [-0.4, -0.2) is 34.0 Å². The summed E-state index contributed by atoms with van der Waals surface area (Å²) in [5.74, 6) is 0.0641. The SMILES string of the molecule is O=C(c1ccc(-c2ccccc2CO)nc1)N1CCCCC1. The summed E-state index contributed by atoms with van der Waals surface area (Å²) in [5, 5.41) is 9.40. The van der Waals surface area contributed by atoms with E-state index in [1.807, 2.05) is 41.3 Å². The fourth-order valence-corrected chi connectivity index (χ4v) is 2.87. The van der Waals surface area contributed by atoms with Crippen molar-refractivity contribution < 1.29 is 9.90 Å². The van der Waals surface area contributed by atoms with Gasteiger partial charge in [0.25, 0.3) is 5.91 Å². The van der Waals surface area contributed by atoms with Crippen LogP contribution in [0.25, 0.3) is 11.3 Å². The Morgan fingerprint density at radius 3 is 2.55 bits per heavy atom. The van der Waals surface area contributed by atoms with E-state index in [0.29, 0.717) is 5.56 Å². The number of likely N-dealkylation sites (tertiary alicyclic amines) is 1. The van der Waals surface area contributed by atoms with Gasteiger partial charge in [0.15, 0.2) is 0 Å². The number of aromatic nitrogens is 1. The zero-order valence-electron chi connectivity index (χ0n) is 12.5. The van der Waals surface area contributed by atoms with Gasteiger partial charge in [-0.05, 0) is 37.0 Å². The van der Waals surface area contributed by atoms with Gasteiger partial charge in [0.05, 0.1) is 17.9 Å². The van der Waals surface area contributed by atoms with Crippen LogP contribution in [0.5, 0.6) is 0 Å². The predicted octanol–water partition coefficient (Wildman–Crippen LogP) is 2.87. The lowest BCUT2D eigenvalue weighted by Gasteiger charge is -2.26. The maximum atomic E-state index is 12.4. The Bertz CT molecular complexity index is 646. The lowest BCUT2D eigenvalue weighted by molar-refractivity contribution is 0.0724. The smallest absolute Gasteiger partial charge is 0.255 e. The molecule has 4 heteroatoms. The van der Waals surface area contributed by atoms with Crippen molar-refractivity contribution in [2.45, 2.75) is 25.9 Å². The molecule has 1 saturated heterocycles. The highest BCUT2D eigenvalue weighted by molar-refractivity contribution is 5.94. The summed E-state index contributed by atoms with van der Waals surface area (Å²) in [6, 6.07) is 11.3. The van der Waals surface area contributed by atoms with Gasteiger partial charge in [-0.2, -0.15) is 0 Å². The number of benzene rings is 1. The van der Waals surface area contributed by atoms with Crippen LogP contribution >= 0.6 is 0 Å². The molecule has 1 N–H and O–H groups in total. The van der Waals surface area contributed by atoms with Gasteiger partial charge in [-0.3, -0.25) is 9.78 Å². The molecule has 2 aromatic rings. The summed E-state index contributed by atoms with van der Waals surface area (Å²) >= 11 is 0. The van der Waals surface area contributed by atoms with Gasteiger partial charge in [-0.1, -0.05) is 24.3 Å². The Morgan fingerprint density at radius 1 is 1.09 bits per heavy atom. The summed E-state index contributed by atoms with van der Waals surface area (Å²) < 4.78 is 0. The van der Waals surface area contributed by atoms with Crippen LogP contribution in [0.2, 0.25) is 0 Å². The molecule has 2 heterocycles. The van der Waals surface area contributed by atoms with E-state index in [1.165, 1.54) is 6.42 Å². The minimum atomic E-state index is -0.0215. The normalized spacial score (nSPS) is 14.9. The van der Waals surface area contributed by atoms with Crippen LogP contribution in [0.1, 0.15) is 35.2 Å². The van der Waals surface area contributed by atoms with E-state index < -0.39 is 0 Å². The van der Waals surface area contributed by atoms with Crippen LogP contribution in [0.15, 0.2) is 42.6 Å². The molecule has 0 saturated carbocycles. The van der Waals surface area contributed by atoms with Crippen molar-refractivity contribution in [2.75, 3.05) is 13.1 Å². The molecule has 1 amide bonds. The number of amides is 1. The van der Waals surface area contributed by atoms with Crippen molar-refractivity contribution in [1.29, 1.82) is 0 Å². The number of carbonyl (C=O) groups excluding carboxylic acids is 1. The molecule has 1 aliphatic heterocycles. The Hall–Kier alpha value is -2.20. The van der Waals surface area contributed by atoms with E-state index in [0.717, 1.165) is 42.8 Å². The first-order valence-corrected chi connectivity index (χ1v) is 7.74. The average molecular weight is 296 g/mol. The molecule has 1 aromatic heterocycles. The Kier molecular flexibility index (Phi) is 4.49. The second kappa shape index (κ2) is 6.71. The lowest BCUT2D eigenvalue weighted by atomic mass is 10.0. The van der Waals surface area contributed by atoms with E-state index in [4.69, 9.17) is 0 Å². The molecule has 1 aliphatic rings. The highest BCUT2D eigenvalue weighted by atomic mass is 16.3. The Morgan fingerprint density at radius 2 is 1.86 bits per heavy atom. The fraction of sp³-hybridized carbons (Fsp3) is 0.333. The first-order valence-electron chi connectivity index (χ1n) is 7.74. The number of carbonyl (C=O) groups is 1. The van der Waals surface area contributed by atoms with E-state index in [-0.39, 0.29) is 12.5 Å². The molecule has 22 heavy (non-hydrogen) atoms. The van der Waals surface area contributed by atoms with Gasteiger partial charge in [0.2, 0.25) is 0 Å². The molecule has 0 radical (unpaired) electrons. The third-order valence-corrected chi connectivity index (χ3v) is 4.12. The minimum absolute atomic E-state index is 0.0215. The van der Waals surface area contributed by atoms with Crippen LogP contribution in [0.4, 0.5) is 0 Å². The molecule has 3 rings (SSSR count). The predicted molar refractivity (Wildman–Crippen MR) is 85.4 cm³/mol. The fourth-order valence-electron chi connectivity index (χ4n) is 2.87. The van der Waals surface area contributed by atoms with Crippen LogP contribution in [0, 0.1) is 0 Å². The second-order valence-corrected chi connectivity index (χ2v) is 5.60. The van der Waals surface area contributed by atoms with Gasteiger partial charge in [-0.15, -0.1) is 0 Å². The molecule has 0 atom stereocenters. The number of rotatable bonds is 3. The maximum absolute atomic E-state index is 12.4. The molecular formula is C18H20N2O2. The number of nitrogens with zero attached hydrogens (tertiary/aromatic N) is 2. The molecular weight excluding hydrogens is 276 g/mol. The van der Waals surface area contributed by atoms with Gasteiger partial charge < -0.3 is 10.0 Å². The molecule has 4 nitrogen and oxygen atoms in total. The number of hydrogen-bond acceptors (Lipinski definition) is 3. The zero-order valence-corrected chi connectivity index (χ0v) is 12.5. The number of piperidine rings is 1. The van der Waals surface area contributed by atoms with Crippen LogP contribution in [-0.2, 0) is 6.61 Å². The van der Waals surface area contributed by atoms with Gasteiger partial charge in [0.1, 0.15) is 0 Å². The molecule has 114 valence electrons. The summed E-state index contributed by atoms with van der Waals surface area (Å²) in [4.78, 5) is 18.7. The standard InChI is InChI=1S/C18H20N2O2/c21-13-15-6-2-3-7-16(15)17-9-8-14(12-19-17)18(22)20-10-4-1-5-11-20/h2-3,6-9,12,21H,1,4-5,10-11,13H2. The van der Waals surface area contributed by atoms with Crippen molar-refractivity contribution in [1.82, 2.24) is 9.88 Å². The van der Waals surface area contributed by atoms with Gasteiger partial charge in [0, 0.05) is 24.8 Å². The summed E-state index contributed by atoms with van der Waals surface area (Å²) in [6.07, 6.45) is 5.02. The molecule has 1 aromatic carbocycles. The zero-order chi connectivity index (χ0) is 15.4. The van der Waals surface area contributed by atoms with Crippen LogP contribution < -0.4 is 0 Å². The highest BCUT2D eigenvalue weighted by Crippen LogP contribution is 2.22. The topological polar surface area (TPSA) is 53.4 Å². The van der Waals surface area contributed by atoms with Crippen molar-refractivity contribution in [3.05, 3.63) is 53.7 Å². The van der Waals surface area contributed by atoms with Crippen LogP contribution in [0.3, 0.4) is 0 Å². The van der Waals surface area contributed by atoms with Crippen molar-refractivity contribution in [3.8, 4) is 11.3 Å². The van der Waals surface area contributed by atoms with Crippen molar-refractivity contribution >= 4 is 5.91 Å². The summed E-state index contributed by atoms with van der Waals surface area (Å²) in [6.45, 7) is 1.66. The van der Waals surface area contributed by atoms with Crippen molar-refractivity contribution in [2.24, 2.45) is 0 Å². The first kappa shape index (κ1) is 14.7. The molecule has 0 bridgehead atoms. The first-order chi connectivity index (χ1) is 10.8. The van der Waals surface area contributed by atoms with E-state index >= 15 is 0 Å². The van der Waals surface area contributed by atoms with E-state index in [2.05, 4.69) is 4.98 Å². The lowest BCUT2D eigenvalue weighted by Crippen LogP contribution is -2.35. The molecule has 0 aliphatic carbocycles. The molecule has 1 fully saturated rings. The third kappa shape index (κ3) is 3.02. The third-order valence-electron chi connectivity index (χ3n) is 4.12. The van der Waals surface area contributed by atoms with Crippen molar-refractivity contribution in [3.63, 3.8) is 0 Å². The van der Waals surface area contributed by atoms with E-state index in [9.17, 15) is 9.90 Å². The minimum Gasteiger partial charge on any atom is -0.392 e. The second-order valence-electron chi connectivity index (χ2n) is 5.60. The maximum Gasteiger partial charge on any atom is 0.255 e. The number of aliphatic hydroxyl groups excluding tert-OH is 1. The summed E-state index contributed by atoms with van der Waals surface area (Å²) in [5.41, 5.74) is 3.15. The Labute approximate surface area is 130 Å². The number of aliphatic hydroxyl groups is 1. The van der Waals surface area contributed by atoms with Gasteiger partial charge >= 0.3 is 0 Å². The number of pyridine rings is 1. The number of hydrogen-bond donors (Lipinski definition) is 1.